The van der Waals surface area contributed by atoms with E-state index in [0.717, 1.165) is 11.3 Å². The summed E-state index contributed by atoms with van der Waals surface area (Å²) in [6.07, 6.45) is 3.16. The molecule has 0 saturated heterocycles. The van der Waals surface area contributed by atoms with Gasteiger partial charge in [-0.3, -0.25) is 9.37 Å². The van der Waals surface area contributed by atoms with Gasteiger partial charge in [0.05, 0.1) is 11.4 Å². The van der Waals surface area contributed by atoms with E-state index in [1.54, 1.807) is 36.5 Å². The molecule has 1 radical (unpaired) electrons. The van der Waals surface area contributed by atoms with Gasteiger partial charge in [0.15, 0.2) is 0 Å². The molecule has 2 aromatic heterocycles. The number of aromatic nitrogens is 3. The number of hydrogen-bond acceptors (Lipinski definition) is 4. The second-order valence-electron chi connectivity index (χ2n) is 7.09. The minimum atomic E-state index is -0.990. The van der Waals surface area contributed by atoms with Crippen molar-refractivity contribution in [3.05, 3.63) is 102 Å². The maximum Gasteiger partial charge on any atom is 0.354 e. The summed E-state index contributed by atoms with van der Waals surface area (Å²) in [6.45, 7) is 4.06. The Morgan fingerprint density at radius 3 is 2.15 bits per heavy atom. The molecule has 2 heterocycles. The van der Waals surface area contributed by atoms with Crippen LogP contribution in [0.25, 0.3) is 22.5 Å². The zero-order chi connectivity index (χ0) is 23.1. The number of benzene rings is 2. The van der Waals surface area contributed by atoms with E-state index in [4.69, 9.17) is 5.11 Å². The molecule has 1 N–H and O–H groups in total. The molecule has 5 nitrogen and oxygen atoms in total. The van der Waals surface area contributed by atoms with Crippen molar-refractivity contribution >= 4 is 5.97 Å². The molecule has 0 aliphatic heterocycles. The third-order valence-electron chi connectivity index (χ3n) is 4.41. The summed E-state index contributed by atoms with van der Waals surface area (Å²) in [5.41, 5.74) is 3.57. The molecule has 0 fully saturated rings. The van der Waals surface area contributed by atoms with Crippen molar-refractivity contribution < 1.29 is 38.8 Å². The van der Waals surface area contributed by atoms with Gasteiger partial charge >= 0.3 is 5.97 Å². The normalized spacial score (nSPS) is 10.1. The molecule has 171 valence electrons. The smallest absolute Gasteiger partial charge is 0.354 e. The summed E-state index contributed by atoms with van der Waals surface area (Å²) in [5, 5.41) is 8.32. The van der Waals surface area contributed by atoms with E-state index in [1.807, 2.05) is 13.8 Å². The van der Waals surface area contributed by atoms with Gasteiger partial charge in [-0.1, -0.05) is 32.0 Å². The Bertz CT molecular complexity index is 1190. The van der Waals surface area contributed by atoms with E-state index in [-0.39, 0.29) is 43.4 Å². The first-order chi connectivity index (χ1) is 15.3. The molecule has 33 heavy (non-hydrogen) atoms. The molecule has 0 atom stereocenters. The van der Waals surface area contributed by atoms with Gasteiger partial charge in [-0.2, -0.15) is 0 Å². The predicted octanol–water partition coefficient (Wildman–Crippen LogP) is 5.79. The summed E-state index contributed by atoms with van der Waals surface area (Å²) in [5.74, 6) is -1.44. The molecule has 0 aliphatic rings. The fourth-order valence-electron chi connectivity index (χ4n) is 2.73. The molecule has 0 saturated carbocycles. The average molecular weight is 625 g/mol. The zero-order valence-corrected chi connectivity index (χ0v) is 20.2. The Morgan fingerprint density at radius 2 is 1.64 bits per heavy atom. The first kappa shape index (κ1) is 25.9. The molecule has 0 aliphatic carbocycles. The molecular formula is C25H20F2IrN3O2-. The van der Waals surface area contributed by atoms with E-state index in [2.05, 4.69) is 21.0 Å². The van der Waals surface area contributed by atoms with E-state index >= 15 is 0 Å². The van der Waals surface area contributed by atoms with Crippen LogP contribution in [0.3, 0.4) is 0 Å². The van der Waals surface area contributed by atoms with Crippen LogP contribution in [0.15, 0.2) is 73.1 Å². The molecule has 0 unspecified atom stereocenters. The Labute approximate surface area is 203 Å². The number of halogens is 2. The van der Waals surface area contributed by atoms with Gasteiger partial charge in [0.25, 0.3) is 0 Å². The van der Waals surface area contributed by atoms with Gasteiger partial charge in [0.2, 0.25) is 0 Å². The fourth-order valence-corrected chi connectivity index (χ4v) is 2.73. The molecular weight excluding hydrogens is 605 g/mol. The number of nitrogens with zero attached hydrogens (tertiary/aromatic N) is 3. The number of carboxylic acid groups (broad SMARTS) is 1. The van der Waals surface area contributed by atoms with Gasteiger partial charge in [-0.05, 0) is 35.7 Å². The molecule has 0 spiro atoms. The van der Waals surface area contributed by atoms with Crippen LogP contribution in [0.1, 0.15) is 35.9 Å². The molecule has 0 amide bonds. The SMILES string of the molecule is CC(C)c1cnc(-c2[c-]cc(F)cc2)c(-c2ccc(F)cc2)n1.O=C(O)c1ccccn1.[Ir]. The van der Waals surface area contributed by atoms with Gasteiger partial charge in [-0.25, -0.2) is 14.2 Å². The standard InChI is InChI=1S/C19H15F2N2.C6H5NO2.Ir/c1-12(2)17-11-22-18(13-3-7-15(20)8-4-13)19(23-17)14-5-9-16(21)10-6-14;8-6(9)5-3-1-2-4-7-5;/h3,5-12H,1-2H3;1-4H,(H,8,9);/q-1;;. The molecule has 0 bridgehead atoms. The number of hydrogen-bond donors (Lipinski definition) is 1. The summed E-state index contributed by atoms with van der Waals surface area (Å²) in [6, 6.07) is 18.0. The number of aromatic carboxylic acids is 1. The van der Waals surface area contributed by atoms with Crippen molar-refractivity contribution in [2.24, 2.45) is 0 Å². The monoisotopic (exact) mass is 625 g/mol. The molecule has 4 rings (SSSR count). The van der Waals surface area contributed by atoms with Crippen molar-refractivity contribution in [2.75, 3.05) is 0 Å². The van der Waals surface area contributed by atoms with Crippen LogP contribution < -0.4 is 0 Å². The zero-order valence-electron chi connectivity index (χ0n) is 17.8. The number of carboxylic acids is 1. The van der Waals surface area contributed by atoms with Crippen molar-refractivity contribution in [1.82, 2.24) is 15.0 Å². The van der Waals surface area contributed by atoms with E-state index in [9.17, 15) is 13.6 Å². The van der Waals surface area contributed by atoms with Crippen LogP contribution in [0.5, 0.6) is 0 Å². The number of pyridine rings is 1. The maximum absolute atomic E-state index is 13.2. The maximum atomic E-state index is 13.2. The third-order valence-corrected chi connectivity index (χ3v) is 4.41. The largest absolute Gasteiger partial charge is 0.477 e. The second-order valence-corrected chi connectivity index (χ2v) is 7.09. The Kier molecular flexibility index (Phi) is 9.45. The second kappa shape index (κ2) is 12.0. The first-order valence-electron chi connectivity index (χ1n) is 9.80. The quantitative estimate of drug-likeness (QED) is 0.291. The predicted molar refractivity (Wildman–Crippen MR) is 117 cm³/mol. The third kappa shape index (κ3) is 7.07. The van der Waals surface area contributed by atoms with Gasteiger partial charge < -0.3 is 10.1 Å². The van der Waals surface area contributed by atoms with Crippen molar-refractivity contribution in [3.8, 4) is 22.5 Å². The fraction of sp³-hybridized carbons (Fsp3) is 0.120. The summed E-state index contributed by atoms with van der Waals surface area (Å²) < 4.78 is 26.3. The van der Waals surface area contributed by atoms with Crippen molar-refractivity contribution in [1.29, 1.82) is 0 Å². The number of carbonyl (C=O) groups is 1. The van der Waals surface area contributed by atoms with Crippen LogP contribution in [0.2, 0.25) is 0 Å². The summed E-state index contributed by atoms with van der Waals surface area (Å²) >= 11 is 0. The minimum absolute atomic E-state index is 0. The Balaban J connectivity index is 0.000000326. The molecule has 2 aromatic carbocycles. The van der Waals surface area contributed by atoms with Gasteiger partial charge in [-0.15, -0.1) is 29.8 Å². The molecule has 8 heteroatoms. The van der Waals surface area contributed by atoms with Gasteiger partial charge in [0, 0.05) is 44.0 Å². The number of rotatable bonds is 4. The van der Waals surface area contributed by atoms with Crippen LogP contribution in [-0.4, -0.2) is 26.0 Å². The van der Waals surface area contributed by atoms with Gasteiger partial charge in [0.1, 0.15) is 11.5 Å². The van der Waals surface area contributed by atoms with Crippen LogP contribution in [0, 0.1) is 17.7 Å². The Hall–Kier alpha value is -3.35. The van der Waals surface area contributed by atoms with Crippen LogP contribution >= 0.6 is 0 Å². The minimum Gasteiger partial charge on any atom is -0.477 e. The first-order valence-corrected chi connectivity index (χ1v) is 9.80. The van der Waals surface area contributed by atoms with Crippen molar-refractivity contribution in [2.45, 2.75) is 19.8 Å². The average Bonchev–Trinajstić information content (AvgIpc) is 2.81. The molecule has 4 aromatic rings. The van der Waals surface area contributed by atoms with Crippen LogP contribution in [0.4, 0.5) is 8.78 Å². The van der Waals surface area contributed by atoms with E-state index in [0.29, 0.717) is 17.0 Å². The summed E-state index contributed by atoms with van der Waals surface area (Å²) in [7, 11) is 0. The summed E-state index contributed by atoms with van der Waals surface area (Å²) in [4.78, 5) is 22.9. The van der Waals surface area contributed by atoms with Crippen LogP contribution in [-0.2, 0) is 20.1 Å². The van der Waals surface area contributed by atoms with E-state index < -0.39 is 5.97 Å². The topological polar surface area (TPSA) is 76.0 Å². The van der Waals surface area contributed by atoms with Crippen molar-refractivity contribution in [3.63, 3.8) is 0 Å². The Morgan fingerprint density at radius 1 is 0.939 bits per heavy atom. The van der Waals surface area contributed by atoms with E-state index in [1.165, 1.54) is 36.5 Å².